The number of hydrogen-bond acceptors (Lipinski definition) is 7. The predicted octanol–water partition coefficient (Wildman–Crippen LogP) is 6.70. The molecule has 0 aliphatic heterocycles. The number of nitrogens with zero attached hydrogens (tertiary/aromatic N) is 4. The Morgan fingerprint density at radius 2 is 1.95 bits per heavy atom. The number of ether oxygens (including phenoxy) is 2. The van der Waals surface area contributed by atoms with Gasteiger partial charge in [-0.15, -0.1) is 0 Å². The molecular formula is C27H24BrClN4O5. The van der Waals surface area contributed by atoms with Crippen LogP contribution in [0.3, 0.4) is 0 Å². The highest BCUT2D eigenvalue weighted by atomic mass is 79.9. The first-order valence-electron chi connectivity index (χ1n) is 11.7. The minimum Gasteiger partial charge on any atom is -0.493 e. The lowest BCUT2D eigenvalue weighted by Gasteiger charge is -2.15. The fraction of sp³-hybridized carbons (Fsp3) is 0.222. The normalized spacial score (nSPS) is 12.1. The van der Waals surface area contributed by atoms with Crippen LogP contribution in [-0.4, -0.2) is 27.9 Å². The molecule has 0 unspecified atom stereocenters. The Hall–Kier alpha value is -3.76. The Bertz CT molecular complexity index is 1590. The molecule has 1 heterocycles. The summed E-state index contributed by atoms with van der Waals surface area (Å²) in [6, 6.07) is 14.7. The number of nitro benzene ring substituents is 1. The van der Waals surface area contributed by atoms with Crippen molar-refractivity contribution in [1.82, 2.24) is 9.66 Å². The van der Waals surface area contributed by atoms with E-state index >= 15 is 0 Å². The Kier molecular flexibility index (Phi) is 8.43. The maximum atomic E-state index is 13.5. The highest BCUT2D eigenvalue weighted by Crippen LogP contribution is 2.35. The van der Waals surface area contributed by atoms with Crippen molar-refractivity contribution in [2.24, 2.45) is 5.10 Å². The number of fused-ring (bicyclic) bond motifs is 1. The number of hydrogen-bond donors (Lipinski definition) is 0. The van der Waals surface area contributed by atoms with Gasteiger partial charge >= 0.3 is 0 Å². The van der Waals surface area contributed by atoms with E-state index in [2.05, 4.69) is 21.0 Å². The highest BCUT2D eigenvalue weighted by molar-refractivity contribution is 9.10. The molecule has 0 saturated heterocycles. The van der Waals surface area contributed by atoms with Gasteiger partial charge in [-0.2, -0.15) is 9.78 Å². The van der Waals surface area contributed by atoms with E-state index in [0.29, 0.717) is 38.8 Å². The third-order valence-electron chi connectivity index (χ3n) is 6.00. The first-order valence-corrected chi connectivity index (χ1v) is 12.9. The zero-order chi connectivity index (χ0) is 27.4. The lowest BCUT2D eigenvalue weighted by atomic mass is 10.1. The largest absolute Gasteiger partial charge is 0.493 e. The molecule has 1 atom stereocenters. The summed E-state index contributed by atoms with van der Waals surface area (Å²) in [5.74, 6) is 1.23. The number of aromatic nitrogens is 2. The van der Waals surface area contributed by atoms with Crippen LogP contribution < -0.4 is 15.0 Å². The van der Waals surface area contributed by atoms with Crippen LogP contribution in [0.5, 0.6) is 11.5 Å². The standard InChI is InChI=1S/C27H24BrClN4O5/c1-4-16(2)26-31-23-10-7-19(28)12-22(23)27(34)32(26)30-14-18-11-20(29)13-24(37-3)25(18)38-15-17-5-8-21(9-6-17)33(35)36/h5-14,16H,4,15H2,1-3H3/t16-/m0/s1. The van der Waals surface area contributed by atoms with E-state index in [-0.39, 0.29) is 23.8 Å². The van der Waals surface area contributed by atoms with Crippen molar-refractivity contribution in [3.63, 3.8) is 0 Å². The average molecular weight is 600 g/mol. The van der Waals surface area contributed by atoms with E-state index in [0.717, 1.165) is 16.5 Å². The Labute approximate surface area is 232 Å². The maximum Gasteiger partial charge on any atom is 0.282 e. The molecule has 0 bridgehead atoms. The SMILES string of the molecule is CC[C@H](C)c1nc2ccc(Br)cc2c(=O)n1N=Cc1cc(Cl)cc(OC)c1OCc1ccc([N+](=O)[O-])cc1. The fourth-order valence-corrected chi connectivity index (χ4v) is 4.34. The van der Waals surface area contributed by atoms with Gasteiger partial charge in [-0.1, -0.05) is 41.4 Å². The zero-order valence-electron chi connectivity index (χ0n) is 20.9. The van der Waals surface area contributed by atoms with Crippen molar-refractivity contribution < 1.29 is 14.4 Å². The van der Waals surface area contributed by atoms with Crippen LogP contribution in [0.25, 0.3) is 10.9 Å². The summed E-state index contributed by atoms with van der Waals surface area (Å²) in [6.07, 6.45) is 2.25. The van der Waals surface area contributed by atoms with Crippen molar-refractivity contribution in [3.8, 4) is 11.5 Å². The van der Waals surface area contributed by atoms with Gasteiger partial charge in [0.05, 0.1) is 29.2 Å². The molecule has 0 aliphatic carbocycles. The average Bonchev–Trinajstić information content (AvgIpc) is 2.91. The summed E-state index contributed by atoms with van der Waals surface area (Å²) in [5.41, 5.74) is 1.48. The fourth-order valence-electron chi connectivity index (χ4n) is 3.76. The first kappa shape index (κ1) is 27.3. The molecule has 0 amide bonds. The number of non-ortho nitro benzene ring substituents is 1. The summed E-state index contributed by atoms with van der Waals surface area (Å²) >= 11 is 9.75. The molecule has 9 nitrogen and oxygen atoms in total. The van der Waals surface area contributed by atoms with Crippen LogP contribution in [0.15, 0.2) is 69.0 Å². The number of rotatable bonds is 9. The highest BCUT2D eigenvalue weighted by Gasteiger charge is 2.17. The molecule has 0 aliphatic rings. The minimum atomic E-state index is -0.461. The maximum absolute atomic E-state index is 13.5. The second-order valence-electron chi connectivity index (χ2n) is 8.54. The second-order valence-corrected chi connectivity index (χ2v) is 9.89. The molecule has 0 spiro atoms. The second kappa shape index (κ2) is 11.7. The van der Waals surface area contributed by atoms with Gasteiger partial charge in [-0.3, -0.25) is 14.9 Å². The van der Waals surface area contributed by atoms with Crippen molar-refractivity contribution in [3.05, 3.63) is 102 Å². The van der Waals surface area contributed by atoms with Crippen molar-refractivity contribution in [2.75, 3.05) is 7.11 Å². The molecule has 0 radical (unpaired) electrons. The van der Waals surface area contributed by atoms with Crippen LogP contribution in [-0.2, 0) is 6.61 Å². The van der Waals surface area contributed by atoms with Crippen LogP contribution in [0.1, 0.15) is 43.1 Å². The van der Waals surface area contributed by atoms with Gasteiger partial charge < -0.3 is 9.47 Å². The van der Waals surface area contributed by atoms with Crippen LogP contribution in [0.2, 0.25) is 5.02 Å². The summed E-state index contributed by atoms with van der Waals surface area (Å²) in [7, 11) is 1.49. The van der Waals surface area contributed by atoms with Gasteiger partial charge in [0.15, 0.2) is 11.5 Å². The van der Waals surface area contributed by atoms with Crippen molar-refractivity contribution >= 4 is 50.3 Å². The van der Waals surface area contributed by atoms with Crippen LogP contribution in [0, 0.1) is 10.1 Å². The zero-order valence-corrected chi connectivity index (χ0v) is 23.2. The van der Waals surface area contributed by atoms with Crippen molar-refractivity contribution in [2.45, 2.75) is 32.8 Å². The topological polar surface area (TPSA) is 109 Å². The number of methoxy groups -OCH3 is 1. The summed E-state index contributed by atoms with van der Waals surface area (Å²) in [4.78, 5) is 28.7. The number of nitro groups is 1. The summed E-state index contributed by atoms with van der Waals surface area (Å²) < 4.78 is 13.6. The molecule has 1 aromatic heterocycles. The number of halogens is 2. The van der Waals surface area contributed by atoms with E-state index < -0.39 is 4.92 Å². The molecule has 11 heteroatoms. The third kappa shape index (κ3) is 5.87. The molecule has 3 aromatic carbocycles. The smallest absolute Gasteiger partial charge is 0.282 e. The van der Waals surface area contributed by atoms with E-state index in [1.165, 1.54) is 30.1 Å². The van der Waals surface area contributed by atoms with Crippen molar-refractivity contribution in [1.29, 1.82) is 0 Å². The molecule has 4 aromatic rings. The Balaban J connectivity index is 1.76. The van der Waals surface area contributed by atoms with E-state index in [9.17, 15) is 14.9 Å². The van der Waals surface area contributed by atoms with E-state index in [1.807, 2.05) is 19.9 Å². The quantitative estimate of drug-likeness (QED) is 0.120. The summed E-state index contributed by atoms with van der Waals surface area (Å²) in [5, 5.41) is 16.3. The summed E-state index contributed by atoms with van der Waals surface area (Å²) in [6.45, 7) is 4.11. The van der Waals surface area contributed by atoms with Gasteiger partial charge in [0.1, 0.15) is 12.4 Å². The molecule has 38 heavy (non-hydrogen) atoms. The monoisotopic (exact) mass is 598 g/mol. The van der Waals surface area contributed by atoms with Gasteiger partial charge in [0.25, 0.3) is 11.2 Å². The lowest BCUT2D eigenvalue weighted by molar-refractivity contribution is -0.384. The molecule has 4 rings (SSSR count). The third-order valence-corrected chi connectivity index (χ3v) is 6.71. The molecule has 0 fully saturated rings. The lowest BCUT2D eigenvalue weighted by Crippen LogP contribution is -2.23. The van der Waals surface area contributed by atoms with Crippen LogP contribution in [0.4, 0.5) is 5.69 Å². The number of benzene rings is 3. The van der Waals surface area contributed by atoms with Crippen LogP contribution >= 0.6 is 27.5 Å². The van der Waals surface area contributed by atoms with Gasteiger partial charge in [0, 0.05) is 39.2 Å². The van der Waals surface area contributed by atoms with E-state index in [1.54, 1.807) is 36.4 Å². The predicted molar refractivity (Wildman–Crippen MR) is 151 cm³/mol. The molecule has 0 N–H and O–H groups in total. The van der Waals surface area contributed by atoms with E-state index in [4.69, 9.17) is 26.1 Å². The first-order chi connectivity index (χ1) is 18.2. The molecule has 0 saturated carbocycles. The van der Waals surface area contributed by atoms with Gasteiger partial charge in [-0.25, -0.2) is 4.98 Å². The molecular weight excluding hydrogens is 576 g/mol. The minimum absolute atomic E-state index is 0.00998. The molecule has 196 valence electrons. The Morgan fingerprint density at radius 1 is 1.21 bits per heavy atom. The Morgan fingerprint density at radius 3 is 2.61 bits per heavy atom. The van der Waals surface area contributed by atoms with Gasteiger partial charge in [-0.05, 0) is 48.4 Å². The van der Waals surface area contributed by atoms with Gasteiger partial charge in [0.2, 0.25) is 0 Å².